The number of amides is 1. The van der Waals surface area contributed by atoms with E-state index in [9.17, 15) is 4.79 Å². The molecular formula is C7H14BrNO. The molecule has 10 heavy (non-hydrogen) atoms. The van der Waals surface area contributed by atoms with Crippen LogP contribution >= 0.6 is 15.9 Å². The van der Waals surface area contributed by atoms with E-state index in [4.69, 9.17) is 0 Å². The van der Waals surface area contributed by atoms with Crippen molar-refractivity contribution in [1.29, 1.82) is 0 Å². The Labute approximate surface area is 70.5 Å². The molecule has 0 fully saturated rings. The lowest BCUT2D eigenvalue weighted by Crippen LogP contribution is -2.36. The molecule has 0 saturated heterocycles. The van der Waals surface area contributed by atoms with Gasteiger partial charge in [-0.05, 0) is 5.41 Å². The van der Waals surface area contributed by atoms with Crippen LogP contribution in [-0.2, 0) is 4.79 Å². The first-order valence-corrected chi connectivity index (χ1v) is 4.17. The second kappa shape index (κ2) is 3.37. The van der Waals surface area contributed by atoms with Crippen molar-refractivity contribution in [2.45, 2.75) is 25.6 Å². The van der Waals surface area contributed by atoms with Crippen molar-refractivity contribution in [3.8, 4) is 0 Å². The normalized spacial score (nSPS) is 14.5. The van der Waals surface area contributed by atoms with E-state index in [2.05, 4.69) is 21.2 Å². The topological polar surface area (TPSA) is 29.1 Å². The molecule has 0 bridgehead atoms. The first-order chi connectivity index (χ1) is 4.39. The first kappa shape index (κ1) is 9.95. The van der Waals surface area contributed by atoms with Crippen molar-refractivity contribution in [3.05, 3.63) is 0 Å². The third-order valence-corrected chi connectivity index (χ3v) is 3.03. The fraction of sp³-hybridized carbons (Fsp3) is 0.857. The van der Waals surface area contributed by atoms with Gasteiger partial charge in [-0.3, -0.25) is 4.79 Å². The standard InChI is InChI=1S/C7H14BrNO/c1-7(2,3)5(8)6(10)9-4/h5H,1-4H3,(H,9,10)/t5-/m1/s1. The lowest BCUT2D eigenvalue weighted by atomic mass is 9.92. The highest BCUT2D eigenvalue weighted by molar-refractivity contribution is 9.10. The summed E-state index contributed by atoms with van der Waals surface area (Å²) in [4.78, 5) is 10.9. The average Bonchev–Trinajstić information content (AvgIpc) is 1.83. The molecular weight excluding hydrogens is 194 g/mol. The maximum Gasteiger partial charge on any atom is 0.234 e. The van der Waals surface area contributed by atoms with E-state index in [0.29, 0.717) is 0 Å². The van der Waals surface area contributed by atoms with E-state index >= 15 is 0 Å². The van der Waals surface area contributed by atoms with Crippen LogP contribution in [-0.4, -0.2) is 17.8 Å². The molecule has 0 aromatic heterocycles. The maximum atomic E-state index is 11.0. The van der Waals surface area contributed by atoms with Crippen molar-refractivity contribution in [1.82, 2.24) is 5.32 Å². The summed E-state index contributed by atoms with van der Waals surface area (Å²) >= 11 is 3.31. The molecule has 1 N–H and O–H groups in total. The molecule has 0 aliphatic rings. The summed E-state index contributed by atoms with van der Waals surface area (Å²) in [6.07, 6.45) is 0. The van der Waals surface area contributed by atoms with E-state index in [-0.39, 0.29) is 16.1 Å². The first-order valence-electron chi connectivity index (χ1n) is 3.25. The fourth-order valence-electron chi connectivity index (χ4n) is 0.520. The number of hydrogen-bond donors (Lipinski definition) is 1. The van der Waals surface area contributed by atoms with Crippen LogP contribution in [0.2, 0.25) is 0 Å². The summed E-state index contributed by atoms with van der Waals surface area (Å²) in [5.74, 6) is 0.0347. The Hall–Kier alpha value is -0.0500. The highest BCUT2D eigenvalue weighted by Gasteiger charge is 2.27. The van der Waals surface area contributed by atoms with Gasteiger partial charge in [-0.2, -0.15) is 0 Å². The highest BCUT2D eigenvalue weighted by atomic mass is 79.9. The SMILES string of the molecule is CNC(=O)[C@@H](Br)C(C)(C)C. The van der Waals surface area contributed by atoms with Crippen molar-refractivity contribution in [3.63, 3.8) is 0 Å². The lowest BCUT2D eigenvalue weighted by Gasteiger charge is -2.23. The summed E-state index contributed by atoms with van der Waals surface area (Å²) in [5.41, 5.74) is -0.0138. The van der Waals surface area contributed by atoms with Gasteiger partial charge >= 0.3 is 0 Å². The van der Waals surface area contributed by atoms with Gasteiger partial charge in [-0.1, -0.05) is 36.7 Å². The summed E-state index contributed by atoms with van der Waals surface area (Å²) in [7, 11) is 1.64. The zero-order chi connectivity index (χ0) is 8.36. The van der Waals surface area contributed by atoms with Crippen LogP contribution in [0.4, 0.5) is 0 Å². The minimum atomic E-state index is -0.106. The number of carbonyl (C=O) groups is 1. The Morgan fingerprint density at radius 2 is 1.90 bits per heavy atom. The fourth-order valence-corrected chi connectivity index (χ4v) is 0.749. The summed E-state index contributed by atoms with van der Waals surface area (Å²) < 4.78 is 0. The molecule has 3 heteroatoms. The number of nitrogens with one attached hydrogen (secondary N) is 1. The minimum absolute atomic E-state index is 0.0138. The van der Waals surface area contributed by atoms with Crippen LogP contribution in [0.25, 0.3) is 0 Å². The van der Waals surface area contributed by atoms with Gasteiger partial charge in [0.25, 0.3) is 0 Å². The molecule has 60 valence electrons. The van der Waals surface area contributed by atoms with Crippen LogP contribution in [0.1, 0.15) is 20.8 Å². The van der Waals surface area contributed by atoms with E-state index in [1.165, 1.54) is 0 Å². The van der Waals surface area contributed by atoms with Crippen LogP contribution < -0.4 is 5.32 Å². The number of rotatable bonds is 1. The number of carbonyl (C=O) groups excluding carboxylic acids is 1. The zero-order valence-electron chi connectivity index (χ0n) is 6.86. The number of halogens is 1. The molecule has 0 heterocycles. The van der Waals surface area contributed by atoms with Crippen molar-refractivity contribution in [2.75, 3.05) is 7.05 Å². The van der Waals surface area contributed by atoms with Gasteiger partial charge in [0.15, 0.2) is 0 Å². The molecule has 0 aliphatic carbocycles. The van der Waals surface area contributed by atoms with Gasteiger partial charge in [0.05, 0.1) is 4.83 Å². The predicted octanol–water partition coefficient (Wildman–Crippen LogP) is 1.54. The summed E-state index contributed by atoms with van der Waals surface area (Å²) in [5, 5.41) is 2.59. The molecule has 0 aliphatic heterocycles. The highest BCUT2D eigenvalue weighted by Crippen LogP contribution is 2.25. The molecule has 0 radical (unpaired) electrons. The molecule has 0 unspecified atom stereocenters. The Bertz CT molecular complexity index is 128. The molecule has 0 spiro atoms. The molecule has 1 atom stereocenters. The van der Waals surface area contributed by atoms with Crippen LogP contribution in [0, 0.1) is 5.41 Å². The Kier molecular flexibility index (Phi) is 3.36. The third-order valence-electron chi connectivity index (χ3n) is 1.24. The Morgan fingerprint density at radius 3 is 2.00 bits per heavy atom. The van der Waals surface area contributed by atoms with E-state index < -0.39 is 0 Å². The average molecular weight is 208 g/mol. The van der Waals surface area contributed by atoms with Gasteiger partial charge in [0.2, 0.25) is 5.91 Å². The quantitative estimate of drug-likeness (QED) is 0.650. The van der Waals surface area contributed by atoms with Gasteiger partial charge in [-0.25, -0.2) is 0 Å². The van der Waals surface area contributed by atoms with Gasteiger partial charge < -0.3 is 5.32 Å². The van der Waals surface area contributed by atoms with Gasteiger partial charge in [0, 0.05) is 7.05 Å². The largest absolute Gasteiger partial charge is 0.358 e. The van der Waals surface area contributed by atoms with Crippen LogP contribution in [0.15, 0.2) is 0 Å². The van der Waals surface area contributed by atoms with E-state index in [0.717, 1.165) is 0 Å². The predicted molar refractivity (Wildman–Crippen MR) is 46.2 cm³/mol. The summed E-state index contributed by atoms with van der Waals surface area (Å²) in [6, 6.07) is 0. The second-order valence-electron chi connectivity index (χ2n) is 3.34. The number of hydrogen-bond acceptors (Lipinski definition) is 1. The molecule has 1 amide bonds. The molecule has 0 saturated carbocycles. The third kappa shape index (κ3) is 2.69. The van der Waals surface area contributed by atoms with Crippen molar-refractivity contribution >= 4 is 21.8 Å². The minimum Gasteiger partial charge on any atom is -0.358 e. The maximum absolute atomic E-state index is 11.0. The van der Waals surface area contributed by atoms with Crippen LogP contribution in [0.3, 0.4) is 0 Å². The smallest absolute Gasteiger partial charge is 0.234 e. The van der Waals surface area contributed by atoms with Gasteiger partial charge in [-0.15, -0.1) is 0 Å². The zero-order valence-corrected chi connectivity index (χ0v) is 8.45. The number of alkyl halides is 1. The van der Waals surface area contributed by atoms with Crippen molar-refractivity contribution < 1.29 is 4.79 Å². The van der Waals surface area contributed by atoms with Crippen molar-refractivity contribution in [2.24, 2.45) is 5.41 Å². The molecule has 2 nitrogen and oxygen atoms in total. The van der Waals surface area contributed by atoms with Crippen LogP contribution in [0.5, 0.6) is 0 Å². The Morgan fingerprint density at radius 1 is 1.50 bits per heavy atom. The lowest BCUT2D eigenvalue weighted by molar-refractivity contribution is -0.121. The summed E-state index contributed by atoms with van der Waals surface area (Å²) in [6.45, 7) is 6.05. The van der Waals surface area contributed by atoms with E-state index in [1.54, 1.807) is 7.05 Å². The monoisotopic (exact) mass is 207 g/mol. The van der Waals surface area contributed by atoms with E-state index in [1.807, 2.05) is 20.8 Å². The molecule has 0 aromatic rings. The second-order valence-corrected chi connectivity index (χ2v) is 4.26. The molecule has 0 rings (SSSR count). The van der Waals surface area contributed by atoms with Gasteiger partial charge in [0.1, 0.15) is 0 Å². The Balaban J connectivity index is 4.08. The molecule has 0 aromatic carbocycles.